The van der Waals surface area contributed by atoms with E-state index in [9.17, 15) is 13.2 Å². The molecule has 0 aliphatic carbocycles. The monoisotopic (exact) mass is 432 g/mol. The molecule has 0 saturated carbocycles. The molecule has 0 spiro atoms. The molecule has 0 fully saturated rings. The van der Waals surface area contributed by atoms with Gasteiger partial charge in [-0.2, -0.15) is 0 Å². The van der Waals surface area contributed by atoms with E-state index in [0.717, 1.165) is 11.3 Å². The molecule has 0 saturated heterocycles. The Hall–Kier alpha value is -2.82. The van der Waals surface area contributed by atoms with Crippen LogP contribution in [0.15, 0.2) is 52.7 Å². The first kappa shape index (κ1) is 20.9. The number of anilines is 1. The largest absolute Gasteiger partial charge is 0.495 e. The first-order valence-electron chi connectivity index (χ1n) is 8.69. The summed E-state index contributed by atoms with van der Waals surface area (Å²) in [4.78, 5) is 12.6. The van der Waals surface area contributed by atoms with Crippen molar-refractivity contribution in [2.24, 2.45) is 0 Å². The Labute approximate surface area is 173 Å². The molecule has 8 nitrogen and oxygen atoms in total. The van der Waals surface area contributed by atoms with Crippen LogP contribution in [0.1, 0.15) is 24.2 Å². The maximum absolute atomic E-state index is 12.6. The quantitative estimate of drug-likeness (QED) is 0.593. The minimum atomic E-state index is -3.83. The predicted octanol–water partition coefficient (Wildman–Crippen LogP) is 3.15. The number of sulfonamides is 1. The number of hydrogen-bond acceptors (Lipinski definition) is 7. The van der Waals surface area contributed by atoms with Crippen molar-refractivity contribution < 1.29 is 17.9 Å². The fourth-order valence-electron chi connectivity index (χ4n) is 2.62. The van der Waals surface area contributed by atoms with Crippen molar-refractivity contribution in [2.75, 3.05) is 12.4 Å². The van der Waals surface area contributed by atoms with Crippen LogP contribution in [0.2, 0.25) is 0 Å². The zero-order valence-electron chi connectivity index (χ0n) is 16.0. The summed E-state index contributed by atoms with van der Waals surface area (Å²) in [7, 11) is -2.45. The molecule has 10 heteroatoms. The maximum atomic E-state index is 12.6. The number of benzene rings is 2. The number of ether oxygens (including phenoxy) is 1. The smallest absolute Gasteiger partial charge is 0.255 e. The van der Waals surface area contributed by atoms with Gasteiger partial charge in [0.2, 0.25) is 10.0 Å². The number of hydrogen-bond donors (Lipinski definition) is 2. The summed E-state index contributed by atoms with van der Waals surface area (Å²) < 4.78 is 36.6. The molecule has 3 rings (SSSR count). The average molecular weight is 433 g/mol. The SMILES string of the molecule is COc1ccc(C(=O)Nc2ccc(-c3csnn3)cc2)cc1S(=O)(=O)NC(C)C. The molecule has 0 aliphatic rings. The van der Waals surface area contributed by atoms with E-state index in [2.05, 4.69) is 19.6 Å². The van der Waals surface area contributed by atoms with E-state index in [1.165, 1.54) is 36.8 Å². The van der Waals surface area contributed by atoms with Crippen LogP contribution in [0, 0.1) is 0 Å². The average Bonchev–Trinajstić information content (AvgIpc) is 3.22. The molecule has 0 atom stereocenters. The van der Waals surface area contributed by atoms with Crippen molar-refractivity contribution in [3.05, 3.63) is 53.4 Å². The van der Waals surface area contributed by atoms with Gasteiger partial charge in [0.25, 0.3) is 5.91 Å². The van der Waals surface area contributed by atoms with Crippen LogP contribution < -0.4 is 14.8 Å². The van der Waals surface area contributed by atoms with Crippen LogP contribution in [-0.2, 0) is 10.0 Å². The molecule has 2 aromatic carbocycles. The third-order valence-electron chi connectivity index (χ3n) is 3.90. The Morgan fingerprint density at radius 2 is 1.86 bits per heavy atom. The first-order valence-corrected chi connectivity index (χ1v) is 11.0. The number of nitrogens with one attached hydrogen (secondary N) is 2. The van der Waals surface area contributed by atoms with E-state index < -0.39 is 15.9 Å². The highest BCUT2D eigenvalue weighted by atomic mass is 32.2. The molecule has 2 N–H and O–H groups in total. The van der Waals surface area contributed by atoms with Gasteiger partial charge in [-0.3, -0.25) is 4.79 Å². The fraction of sp³-hybridized carbons (Fsp3) is 0.211. The highest BCUT2D eigenvalue weighted by molar-refractivity contribution is 7.89. The van der Waals surface area contributed by atoms with Crippen molar-refractivity contribution in [1.82, 2.24) is 14.3 Å². The Bertz CT molecular complexity index is 1100. The van der Waals surface area contributed by atoms with Gasteiger partial charge >= 0.3 is 0 Å². The number of carbonyl (C=O) groups is 1. The van der Waals surface area contributed by atoms with E-state index in [1.54, 1.807) is 26.0 Å². The number of nitrogens with zero attached hydrogens (tertiary/aromatic N) is 2. The molecule has 0 bridgehead atoms. The Balaban J connectivity index is 1.83. The van der Waals surface area contributed by atoms with Crippen LogP contribution in [0.5, 0.6) is 5.75 Å². The van der Waals surface area contributed by atoms with Gasteiger partial charge in [0.05, 0.1) is 7.11 Å². The van der Waals surface area contributed by atoms with E-state index in [0.29, 0.717) is 5.69 Å². The zero-order chi connectivity index (χ0) is 21.0. The molecule has 0 radical (unpaired) electrons. The van der Waals surface area contributed by atoms with Gasteiger partial charge in [0, 0.05) is 28.2 Å². The second-order valence-electron chi connectivity index (χ2n) is 6.46. The van der Waals surface area contributed by atoms with Crippen molar-refractivity contribution in [3.63, 3.8) is 0 Å². The van der Waals surface area contributed by atoms with Crippen molar-refractivity contribution in [1.29, 1.82) is 0 Å². The van der Waals surface area contributed by atoms with Gasteiger partial charge < -0.3 is 10.1 Å². The molecular formula is C19H20N4O4S2. The minimum absolute atomic E-state index is 0.0901. The summed E-state index contributed by atoms with van der Waals surface area (Å²) in [5.41, 5.74) is 2.41. The highest BCUT2D eigenvalue weighted by Crippen LogP contribution is 2.26. The molecular weight excluding hydrogens is 412 g/mol. The molecule has 0 unspecified atom stereocenters. The first-order chi connectivity index (χ1) is 13.8. The lowest BCUT2D eigenvalue weighted by Crippen LogP contribution is -2.30. The van der Waals surface area contributed by atoms with Gasteiger partial charge in [-0.15, -0.1) is 5.10 Å². The number of methoxy groups -OCH3 is 1. The molecule has 29 heavy (non-hydrogen) atoms. The van der Waals surface area contributed by atoms with Crippen LogP contribution in [0.25, 0.3) is 11.3 Å². The molecule has 0 aliphatic heterocycles. The summed E-state index contributed by atoms with van der Waals surface area (Å²) in [5, 5.41) is 8.59. The standard InChI is InChI=1S/C19H20N4O4S2/c1-12(2)22-29(25,26)18-10-14(6-9-17(18)27-3)19(24)20-15-7-4-13(5-8-15)16-11-28-23-21-16/h4-12,22H,1-3H3,(H,20,24). The summed E-state index contributed by atoms with van der Waals surface area (Å²) in [6, 6.07) is 11.1. The Morgan fingerprint density at radius 3 is 2.45 bits per heavy atom. The summed E-state index contributed by atoms with van der Waals surface area (Å²) >= 11 is 1.26. The normalized spacial score (nSPS) is 11.4. The molecule has 1 heterocycles. The zero-order valence-corrected chi connectivity index (χ0v) is 17.7. The topological polar surface area (TPSA) is 110 Å². The lowest BCUT2D eigenvalue weighted by atomic mass is 10.1. The van der Waals surface area contributed by atoms with Crippen molar-refractivity contribution in [3.8, 4) is 17.0 Å². The summed E-state index contributed by atoms with van der Waals surface area (Å²) in [6.45, 7) is 3.43. The maximum Gasteiger partial charge on any atom is 0.255 e. The number of amides is 1. The molecule has 1 aromatic heterocycles. The second-order valence-corrected chi connectivity index (χ2v) is 8.76. The highest BCUT2D eigenvalue weighted by Gasteiger charge is 2.22. The van der Waals surface area contributed by atoms with Crippen LogP contribution in [0.3, 0.4) is 0 Å². The molecule has 3 aromatic rings. The van der Waals surface area contributed by atoms with Crippen LogP contribution >= 0.6 is 11.5 Å². The lowest BCUT2D eigenvalue weighted by molar-refractivity contribution is 0.102. The van der Waals surface area contributed by atoms with Crippen LogP contribution in [-0.4, -0.2) is 37.1 Å². The van der Waals surface area contributed by atoms with Gasteiger partial charge in [0.15, 0.2) is 0 Å². The number of aromatic nitrogens is 2. The molecule has 152 valence electrons. The van der Waals surface area contributed by atoms with Gasteiger partial charge in [0.1, 0.15) is 16.3 Å². The van der Waals surface area contributed by atoms with Crippen molar-refractivity contribution >= 4 is 33.2 Å². The van der Waals surface area contributed by atoms with E-state index in [4.69, 9.17) is 4.74 Å². The van der Waals surface area contributed by atoms with Gasteiger partial charge in [-0.1, -0.05) is 16.6 Å². The van der Waals surface area contributed by atoms with Gasteiger partial charge in [-0.25, -0.2) is 13.1 Å². The minimum Gasteiger partial charge on any atom is -0.495 e. The van der Waals surface area contributed by atoms with E-state index in [-0.39, 0.29) is 22.3 Å². The van der Waals surface area contributed by atoms with E-state index in [1.807, 2.05) is 17.5 Å². The fourth-order valence-corrected chi connectivity index (χ4v) is 4.53. The third-order valence-corrected chi connectivity index (χ3v) is 6.09. The predicted molar refractivity (Wildman–Crippen MR) is 112 cm³/mol. The van der Waals surface area contributed by atoms with Crippen LogP contribution in [0.4, 0.5) is 5.69 Å². The van der Waals surface area contributed by atoms with E-state index >= 15 is 0 Å². The number of carbonyl (C=O) groups excluding carboxylic acids is 1. The van der Waals surface area contributed by atoms with Crippen molar-refractivity contribution in [2.45, 2.75) is 24.8 Å². The number of rotatable bonds is 7. The Morgan fingerprint density at radius 1 is 1.14 bits per heavy atom. The second kappa shape index (κ2) is 8.68. The molecule has 1 amide bonds. The Kier molecular flexibility index (Phi) is 6.26. The van der Waals surface area contributed by atoms with Gasteiger partial charge in [-0.05, 0) is 55.7 Å². The lowest BCUT2D eigenvalue weighted by Gasteiger charge is -2.14. The summed E-state index contributed by atoms with van der Waals surface area (Å²) in [5.74, 6) is -0.271. The third kappa shape index (κ3) is 4.97. The summed E-state index contributed by atoms with van der Waals surface area (Å²) in [6.07, 6.45) is 0.